The molecular weight excluding hydrogens is 440 g/mol. The van der Waals surface area contributed by atoms with Gasteiger partial charge in [-0.3, -0.25) is 9.59 Å². The number of piperidine rings is 1. The van der Waals surface area contributed by atoms with Gasteiger partial charge in [0, 0.05) is 13.1 Å². The van der Waals surface area contributed by atoms with Crippen molar-refractivity contribution >= 4 is 11.9 Å². The molecule has 6 heteroatoms. The molecule has 1 heterocycles. The molecule has 0 bridgehead atoms. The van der Waals surface area contributed by atoms with Crippen LogP contribution in [0.25, 0.3) is 0 Å². The number of esters is 1. The van der Waals surface area contributed by atoms with E-state index >= 15 is 0 Å². The van der Waals surface area contributed by atoms with Gasteiger partial charge < -0.3 is 20.1 Å². The summed E-state index contributed by atoms with van der Waals surface area (Å²) >= 11 is 0. The van der Waals surface area contributed by atoms with Crippen LogP contribution in [0.2, 0.25) is 0 Å². The molecule has 0 aromatic heterocycles. The van der Waals surface area contributed by atoms with Crippen molar-refractivity contribution in [2.75, 3.05) is 32.8 Å². The zero-order chi connectivity index (χ0) is 25.4. The number of aromatic hydroxyl groups is 1. The molecule has 0 saturated carbocycles. The molecule has 0 aliphatic carbocycles. The maximum atomic E-state index is 13.2. The number of nitrogens with one attached hydrogen (secondary N) is 1. The summed E-state index contributed by atoms with van der Waals surface area (Å²) < 4.78 is 5.21. The molecule has 1 fully saturated rings. The summed E-state index contributed by atoms with van der Waals surface area (Å²) in [6, 6.07) is 17.6. The highest BCUT2D eigenvalue weighted by Gasteiger charge is 2.39. The number of hydrogen-bond acceptors (Lipinski definition) is 5. The van der Waals surface area contributed by atoms with E-state index in [0.29, 0.717) is 31.2 Å². The van der Waals surface area contributed by atoms with Gasteiger partial charge in [0.1, 0.15) is 12.3 Å². The Morgan fingerprint density at radius 1 is 1.17 bits per heavy atom. The predicted molar refractivity (Wildman–Crippen MR) is 138 cm³/mol. The first-order valence-corrected chi connectivity index (χ1v) is 12.7. The first kappa shape index (κ1) is 26.7. The van der Waals surface area contributed by atoms with E-state index in [9.17, 15) is 14.7 Å². The highest BCUT2D eigenvalue weighted by Crippen LogP contribution is 2.40. The van der Waals surface area contributed by atoms with Crippen LogP contribution in [0.3, 0.4) is 0 Å². The van der Waals surface area contributed by atoms with Crippen molar-refractivity contribution in [2.45, 2.75) is 46.0 Å². The van der Waals surface area contributed by atoms with Crippen LogP contribution in [-0.4, -0.2) is 54.7 Å². The molecule has 1 saturated heterocycles. The number of amides is 1. The molecule has 2 aromatic carbocycles. The molecule has 35 heavy (non-hydrogen) atoms. The van der Waals surface area contributed by atoms with E-state index in [0.717, 1.165) is 30.6 Å². The van der Waals surface area contributed by atoms with Crippen molar-refractivity contribution < 1.29 is 19.4 Å². The van der Waals surface area contributed by atoms with Gasteiger partial charge in [-0.2, -0.15) is 0 Å². The molecule has 2 aromatic rings. The van der Waals surface area contributed by atoms with Gasteiger partial charge in [0.25, 0.3) is 0 Å². The summed E-state index contributed by atoms with van der Waals surface area (Å²) in [5, 5.41) is 12.8. The summed E-state index contributed by atoms with van der Waals surface area (Å²) in [6.45, 7) is 11.1. The molecule has 0 spiro atoms. The largest absolute Gasteiger partial charge is 0.508 e. The quantitative estimate of drug-likeness (QED) is 0.499. The number of carbonyl (C=O) groups is 2. The van der Waals surface area contributed by atoms with Crippen molar-refractivity contribution in [2.24, 2.45) is 17.8 Å². The van der Waals surface area contributed by atoms with Crippen LogP contribution >= 0.6 is 0 Å². The third-order valence-corrected chi connectivity index (χ3v) is 7.23. The molecule has 1 aliphatic heterocycles. The lowest BCUT2D eigenvalue weighted by Crippen LogP contribution is -2.50. The first-order valence-electron chi connectivity index (χ1n) is 12.7. The second-order valence-electron chi connectivity index (χ2n) is 10.6. The number of phenols is 1. The van der Waals surface area contributed by atoms with Crippen molar-refractivity contribution in [1.29, 1.82) is 0 Å². The van der Waals surface area contributed by atoms with Gasteiger partial charge in [-0.15, -0.1) is 0 Å². The SMILES string of the molecule is CC(C)COC(=O)CNC(=O)[C@H](Cc1ccccc1)CN1CC[C@](C)(c2cccc(O)c2)[C@H](C)C1. The summed E-state index contributed by atoms with van der Waals surface area (Å²) in [5.74, 6) is 0.109. The summed E-state index contributed by atoms with van der Waals surface area (Å²) in [5.41, 5.74) is 2.22. The Kier molecular flexibility index (Phi) is 9.33. The van der Waals surface area contributed by atoms with E-state index in [1.165, 1.54) is 0 Å². The Hall–Kier alpha value is -2.86. The number of ether oxygens (including phenoxy) is 1. The molecule has 3 atom stereocenters. The highest BCUT2D eigenvalue weighted by molar-refractivity contribution is 5.83. The van der Waals surface area contributed by atoms with Crippen LogP contribution in [0, 0.1) is 17.8 Å². The van der Waals surface area contributed by atoms with E-state index in [2.05, 4.69) is 30.1 Å². The van der Waals surface area contributed by atoms with E-state index in [1.54, 1.807) is 6.07 Å². The standard InChI is InChI=1S/C29H40N2O4/c1-21(2)20-35-27(33)17-30-28(34)24(15-23-9-6-5-7-10-23)19-31-14-13-29(4,22(3)18-31)25-11-8-12-26(32)16-25/h5-12,16,21-22,24,32H,13-15,17-20H2,1-4H3,(H,30,34)/t22-,24-,29+/m1/s1. The number of hydrogen-bond donors (Lipinski definition) is 2. The third kappa shape index (κ3) is 7.56. The lowest BCUT2D eigenvalue weighted by molar-refractivity contribution is -0.145. The summed E-state index contributed by atoms with van der Waals surface area (Å²) in [7, 11) is 0. The minimum atomic E-state index is -0.404. The minimum absolute atomic E-state index is 0.0351. The lowest BCUT2D eigenvalue weighted by atomic mass is 9.68. The molecule has 6 nitrogen and oxygen atoms in total. The second-order valence-corrected chi connectivity index (χ2v) is 10.6. The molecule has 2 N–H and O–H groups in total. The Bertz CT molecular complexity index is 978. The lowest BCUT2D eigenvalue weighted by Gasteiger charge is -2.45. The van der Waals surface area contributed by atoms with E-state index in [-0.39, 0.29) is 29.7 Å². The number of benzene rings is 2. The molecule has 0 unspecified atom stereocenters. The van der Waals surface area contributed by atoms with E-state index < -0.39 is 5.97 Å². The topological polar surface area (TPSA) is 78.9 Å². The Morgan fingerprint density at radius 3 is 2.57 bits per heavy atom. The number of likely N-dealkylation sites (tertiary alicyclic amines) is 1. The average Bonchev–Trinajstić information content (AvgIpc) is 2.83. The zero-order valence-corrected chi connectivity index (χ0v) is 21.5. The molecular formula is C29H40N2O4. The average molecular weight is 481 g/mol. The number of phenolic OH excluding ortho intramolecular Hbond substituents is 1. The van der Waals surface area contributed by atoms with Crippen LogP contribution in [-0.2, 0) is 26.2 Å². The minimum Gasteiger partial charge on any atom is -0.508 e. The maximum absolute atomic E-state index is 13.2. The number of rotatable bonds is 10. The molecule has 0 radical (unpaired) electrons. The number of nitrogens with zero attached hydrogens (tertiary/aromatic N) is 1. The highest BCUT2D eigenvalue weighted by atomic mass is 16.5. The van der Waals surface area contributed by atoms with Crippen LogP contribution in [0.1, 0.15) is 45.2 Å². The van der Waals surface area contributed by atoms with Crippen LogP contribution < -0.4 is 5.32 Å². The predicted octanol–water partition coefficient (Wildman–Crippen LogP) is 4.17. The van der Waals surface area contributed by atoms with Crippen molar-refractivity contribution in [3.05, 3.63) is 65.7 Å². The fraction of sp³-hybridized carbons (Fsp3) is 0.517. The monoisotopic (exact) mass is 480 g/mol. The fourth-order valence-electron chi connectivity index (χ4n) is 4.84. The zero-order valence-electron chi connectivity index (χ0n) is 21.5. The smallest absolute Gasteiger partial charge is 0.325 e. The Morgan fingerprint density at radius 2 is 1.91 bits per heavy atom. The van der Waals surface area contributed by atoms with E-state index in [4.69, 9.17) is 4.74 Å². The number of carbonyl (C=O) groups excluding carboxylic acids is 2. The van der Waals surface area contributed by atoms with Gasteiger partial charge in [-0.1, -0.05) is 70.2 Å². The van der Waals surface area contributed by atoms with Gasteiger partial charge in [-0.05, 0) is 59.9 Å². The van der Waals surface area contributed by atoms with Gasteiger partial charge in [-0.25, -0.2) is 0 Å². The normalized spacial score (nSPS) is 21.5. The molecule has 3 rings (SSSR count). The maximum Gasteiger partial charge on any atom is 0.325 e. The summed E-state index contributed by atoms with van der Waals surface area (Å²) in [4.78, 5) is 27.5. The van der Waals surface area contributed by atoms with Crippen molar-refractivity contribution in [3.63, 3.8) is 0 Å². The molecule has 190 valence electrons. The van der Waals surface area contributed by atoms with Gasteiger partial charge >= 0.3 is 5.97 Å². The first-order chi connectivity index (χ1) is 16.7. The van der Waals surface area contributed by atoms with Crippen LogP contribution in [0.15, 0.2) is 54.6 Å². The van der Waals surface area contributed by atoms with Crippen LogP contribution in [0.4, 0.5) is 0 Å². The van der Waals surface area contributed by atoms with Gasteiger partial charge in [0.15, 0.2) is 0 Å². The second kappa shape index (κ2) is 12.2. The van der Waals surface area contributed by atoms with Crippen molar-refractivity contribution in [3.8, 4) is 5.75 Å². The van der Waals surface area contributed by atoms with Gasteiger partial charge in [0.2, 0.25) is 5.91 Å². The Labute approximate surface area is 209 Å². The van der Waals surface area contributed by atoms with E-state index in [1.807, 2.05) is 56.3 Å². The van der Waals surface area contributed by atoms with Crippen molar-refractivity contribution in [1.82, 2.24) is 10.2 Å². The Balaban J connectivity index is 1.65. The van der Waals surface area contributed by atoms with Crippen LogP contribution in [0.5, 0.6) is 5.75 Å². The summed E-state index contributed by atoms with van der Waals surface area (Å²) in [6.07, 6.45) is 1.56. The molecule has 1 aliphatic rings. The fourth-order valence-corrected chi connectivity index (χ4v) is 4.84. The third-order valence-electron chi connectivity index (χ3n) is 7.23. The molecule has 1 amide bonds. The van der Waals surface area contributed by atoms with Gasteiger partial charge in [0.05, 0.1) is 12.5 Å².